The van der Waals surface area contributed by atoms with Crippen LogP contribution in [0.25, 0.3) is 6.08 Å². The fraction of sp³-hybridized carbons (Fsp3) is 0.0435. The van der Waals surface area contributed by atoms with Crippen molar-refractivity contribution in [2.45, 2.75) is 6.42 Å². The van der Waals surface area contributed by atoms with Crippen LogP contribution in [-0.2, 0) is 11.2 Å². The number of para-hydroxylation sites is 1. The lowest BCUT2D eigenvalue weighted by Crippen LogP contribution is -2.14. The van der Waals surface area contributed by atoms with Gasteiger partial charge in [-0.1, -0.05) is 48.5 Å². The highest BCUT2D eigenvalue weighted by Crippen LogP contribution is 2.19. The van der Waals surface area contributed by atoms with E-state index in [1.807, 2.05) is 18.2 Å². The minimum absolute atomic E-state index is 0.00157. The zero-order chi connectivity index (χ0) is 19.9. The molecule has 1 N–H and O–H groups in total. The first-order valence-electron chi connectivity index (χ1n) is 8.57. The molecule has 5 heteroatoms. The topological polar surface area (TPSA) is 52.9 Å². The largest absolute Gasteiger partial charge is 0.319 e. The third-order valence-corrected chi connectivity index (χ3v) is 4.13. The molecule has 0 spiro atoms. The van der Waals surface area contributed by atoms with Crippen molar-refractivity contribution in [1.29, 1.82) is 5.26 Å². The number of rotatable bonds is 5. The quantitative estimate of drug-likeness (QED) is 0.499. The Kier molecular flexibility index (Phi) is 5.93. The van der Waals surface area contributed by atoms with E-state index in [-0.39, 0.29) is 17.1 Å². The molecule has 0 aliphatic rings. The maximum Gasteiger partial charge on any atom is 0.266 e. The molecule has 0 aromatic heterocycles. The molecule has 0 aliphatic carbocycles. The van der Waals surface area contributed by atoms with Gasteiger partial charge >= 0.3 is 0 Å². The lowest BCUT2D eigenvalue weighted by atomic mass is 9.98. The van der Waals surface area contributed by atoms with Crippen LogP contribution in [0.4, 0.5) is 14.5 Å². The molecule has 0 bridgehead atoms. The van der Waals surface area contributed by atoms with Gasteiger partial charge in [-0.05, 0) is 53.5 Å². The Bertz CT molecular complexity index is 1080. The summed E-state index contributed by atoms with van der Waals surface area (Å²) in [6.07, 6.45) is 1.89. The highest BCUT2D eigenvalue weighted by molar-refractivity contribution is 6.09. The van der Waals surface area contributed by atoms with E-state index in [4.69, 9.17) is 0 Å². The summed E-state index contributed by atoms with van der Waals surface area (Å²) in [6, 6.07) is 21.1. The molecule has 28 heavy (non-hydrogen) atoms. The van der Waals surface area contributed by atoms with Gasteiger partial charge in [0.2, 0.25) is 0 Å². The second-order valence-electron chi connectivity index (χ2n) is 6.11. The summed E-state index contributed by atoms with van der Waals surface area (Å²) in [5, 5.41) is 11.8. The van der Waals surface area contributed by atoms with Gasteiger partial charge in [-0.25, -0.2) is 8.78 Å². The molecule has 3 nitrogen and oxygen atoms in total. The SMILES string of the molecule is N#C/C(=C\c1ccccc1Cc1cccc(F)c1)C(=O)Nc1ccccc1F. The van der Waals surface area contributed by atoms with Gasteiger partial charge in [-0.2, -0.15) is 5.26 Å². The van der Waals surface area contributed by atoms with E-state index in [1.165, 1.54) is 36.4 Å². The molecule has 0 saturated carbocycles. The lowest BCUT2D eigenvalue weighted by molar-refractivity contribution is -0.112. The normalized spacial score (nSPS) is 11.0. The molecule has 0 saturated heterocycles. The number of carbonyl (C=O) groups excluding carboxylic acids is 1. The summed E-state index contributed by atoms with van der Waals surface area (Å²) >= 11 is 0. The second-order valence-corrected chi connectivity index (χ2v) is 6.11. The number of amides is 1. The van der Waals surface area contributed by atoms with E-state index >= 15 is 0 Å². The highest BCUT2D eigenvalue weighted by atomic mass is 19.1. The summed E-state index contributed by atoms with van der Waals surface area (Å²) in [5.74, 6) is -1.61. The minimum atomic E-state index is -0.701. The standard InChI is InChI=1S/C23H16F2N2O/c24-20-9-5-6-16(13-20)12-17-7-1-2-8-18(17)14-19(15-26)23(28)27-22-11-4-3-10-21(22)25/h1-11,13-14H,12H2,(H,27,28)/b19-14+. The Hall–Kier alpha value is -3.78. The third kappa shape index (κ3) is 4.68. The van der Waals surface area contributed by atoms with E-state index in [0.717, 1.165) is 11.1 Å². The Morgan fingerprint density at radius 2 is 1.75 bits per heavy atom. The summed E-state index contributed by atoms with van der Waals surface area (Å²) < 4.78 is 27.2. The number of carbonyl (C=O) groups is 1. The molecule has 1 amide bonds. The average molecular weight is 374 g/mol. The Labute approximate surface area is 161 Å². The lowest BCUT2D eigenvalue weighted by Gasteiger charge is -2.08. The van der Waals surface area contributed by atoms with Gasteiger partial charge < -0.3 is 5.32 Å². The van der Waals surface area contributed by atoms with Gasteiger partial charge in [0.05, 0.1) is 5.69 Å². The van der Waals surface area contributed by atoms with Gasteiger partial charge in [0.1, 0.15) is 23.3 Å². The molecule has 0 atom stereocenters. The predicted molar refractivity (Wildman–Crippen MR) is 104 cm³/mol. The number of hydrogen-bond acceptors (Lipinski definition) is 2. The van der Waals surface area contributed by atoms with Crippen molar-refractivity contribution in [3.8, 4) is 6.07 Å². The number of benzene rings is 3. The van der Waals surface area contributed by atoms with Gasteiger partial charge in [0.25, 0.3) is 5.91 Å². The van der Waals surface area contributed by atoms with Crippen molar-refractivity contribution in [2.75, 3.05) is 5.32 Å². The van der Waals surface area contributed by atoms with Crippen molar-refractivity contribution < 1.29 is 13.6 Å². The van der Waals surface area contributed by atoms with Crippen molar-refractivity contribution in [3.05, 3.63) is 107 Å². The number of hydrogen-bond donors (Lipinski definition) is 1. The molecule has 138 valence electrons. The molecule has 3 aromatic rings. The van der Waals surface area contributed by atoms with Gasteiger partial charge in [0.15, 0.2) is 0 Å². The van der Waals surface area contributed by atoms with Gasteiger partial charge in [-0.15, -0.1) is 0 Å². The molecular weight excluding hydrogens is 358 g/mol. The summed E-state index contributed by atoms with van der Waals surface area (Å²) in [6.45, 7) is 0. The van der Waals surface area contributed by atoms with Crippen LogP contribution in [0.2, 0.25) is 0 Å². The number of nitrogens with zero attached hydrogens (tertiary/aromatic N) is 1. The number of anilines is 1. The van der Waals surface area contributed by atoms with E-state index in [1.54, 1.807) is 30.3 Å². The molecule has 3 aromatic carbocycles. The Balaban J connectivity index is 1.87. The zero-order valence-corrected chi connectivity index (χ0v) is 14.8. The van der Waals surface area contributed by atoms with E-state index in [2.05, 4.69) is 5.32 Å². The Morgan fingerprint density at radius 3 is 2.50 bits per heavy atom. The molecule has 0 aliphatic heterocycles. The van der Waals surface area contributed by atoms with Crippen LogP contribution >= 0.6 is 0 Å². The summed E-state index contributed by atoms with van der Waals surface area (Å²) in [7, 11) is 0. The van der Waals surface area contributed by atoms with Gasteiger partial charge in [-0.3, -0.25) is 4.79 Å². The van der Waals surface area contributed by atoms with Crippen LogP contribution in [0.15, 0.2) is 78.4 Å². The van der Waals surface area contributed by atoms with E-state index in [0.29, 0.717) is 12.0 Å². The highest BCUT2D eigenvalue weighted by Gasteiger charge is 2.13. The average Bonchev–Trinajstić information content (AvgIpc) is 2.69. The molecule has 0 heterocycles. The maximum atomic E-state index is 13.7. The van der Waals surface area contributed by atoms with Crippen LogP contribution in [-0.4, -0.2) is 5.91 Å². The first-order valence-corrected chi connectivity index (χ1v) is 8.57. The molecule has 3 rings (SSSR count). The predicted octanol–water partition coefficient (Wildman–Crippen LogP) is 5.10. The summed E-state index contributed by atoms with van der Waals surface area (Å²) in [5.41, 5.74) is 2.11. The van der Waals surface area contributed by atoms with Gasteiger partial charge in [0, 0.05) is 0 Å². The fourth-order valence-electron chi connectivity index (χ4n) is 2.76. The minimum Gasteiger partial charge on any atom is -0.319 e. The number of halogens is 2. The molecule has 0 fully saturated rings. The van der Waals surface area contributed by atoms with Crippen molar-refractivity contribution >= 4 is 17.7 Å². The van der Waals surface area contributed by atoms with Crippen LogP contribution in [0.5, 0.6) is 0 Å². The molecular formula is C23H16F2N2O. The zero-order valence-electron chi connectivity index (χ0n) is 14.8. The van der Waals surface area contributed by atoms with Crippen LogP contribution in [0.3, 0.4) is 0 Å². The summed E-state index contributed by atoms with van der Waals surface area (Å²) in [4.78, 5) is 12.4. The molecule has 0 radical (unpaired) electrons. The van der Waals surface area contributed by atoms with Crippen molar-refractivity contribution in [3.63, 3.8) is 0 Å². The van der Waals surface area contributed by atoms with Crippen molar-refractivity contribution in [2.24, 2.45) is 0 Å². The van der Waals surface area contributed by atoms with Crippen molar-refractivity contribution in [1.82, 2.24) is 0 Å². The first kappa shape index (κ1) is 19.0. The number of nitriles is 1. The first-order chi connectivity index (χ1) is 13.6. The van der Waals surface area contributed by atoms with Crippen LogP contribution in [0, 0.1) is 23.0 Å². The molecule has 0 unspecified atom stereocenters. The smallest absolute Gasteiger partial charge is 0.266 e. The second kappa shape index (κ2) is 8.74. The monoisotopic (exact) mass is 374 g/mol. The van der Waals surface area contributed by atoms with Crippen LogP contribution in [0.1, 0.15) is 16.7 Å². The Morgan fingerprint density at radius 1 is 1.00 bits per heavy atom. The van der Waals surface area contributed by atoms with Crippen LogP contribution < -0.4 is 5.32 Å². The maximum absolute atomic E-state index is 13.7. The number of nitrogens with one attached hydrogen (secondary N) is 1. The third-order valence-electron chi connectivity index (χ3n) is 4.13. The van der Waals surface area contributed by atoms with E-state index in [9.17, 15) is 18.8 Å². The fourth-order valence-corrected chi connectivity index (χ4v) is 2.76. The van der Waals surface area contributed by atoms with E-state index < -0.39 is 11.7 Å².